The summed E-state index contributed by atoms with van der Waals surface area (Å²) in [7, 11) is 0. The highest BCUT2D eigenvalue weighted by atomic mass is 16.5. The molecule has 0 aliphatic heterocycles. The van der Waals surface area contributed by atoms with Crippen molar-refractivity contribution in [2.24, 2.45) is 0 Å². The van der Waals surface area contributed by atoms with Gasteiger partial charge in [-0.15, -0.1) is 0 Å². The molecule has 2 atom stereocenters. The van der Waals surface area contributed by atoms with Gasteiger partial charge in [0.1, 0.15) is 5.69 Å². The third-order valence-corrected chi connectivity index (χ3v) is 5.14. The van der Waals surface area contributed by atoms with Gasteiger partial charge in [-0.25, -0.2) is 9.59 Å². The Morgan fingerprint density at radius 1 is 1.07 bits per heavy atom. The van der Waals surface area contributed by atoms with E-state index in [0.717, 1.165) is 12.0 Å². The first kappa shape index (κ1) is 23.2. The Bertz CT molecular complexity index is 932. The van der Waals surface area contributed by atoms with Gasteiger partial charge >= 0.3 is 11.9 Å². The standard InChI is InChI=1S/C23H30N2O5/c1-7-13(3)17-11-9-10-12-18(17)25-21(26)16(6)30-23(28)20-14(4)19(15(5)24-20)22(27)29-8-2/h9-13,16,24H,7-8H2,1-6H3,(H,25,26)/t13-,16-/m0/s1. The molecule has 0 radical (unpaired) electrons. The molecule has 2 N–H and O–H groups in total. The van der Waals surface area contributed by atoms with E-state index in [-0.39, 0.29) is 18.2 Å². The molecular weight excluding hydrogens is 384 g/mol. The summed E-state index contributed by atoms with van der Waals surface area (Å²) < 4.78 is 10.4. The van der Waals surface area contributed by atoms with E-state index in [4.69, 9.17) is 9.47 Å². The monoisotopic (exact) mass is 414 g/mol. The average Bonchev–Trinajstić information content (AvgIpc) is 3.02. The number of H-pyrrole nitrogens is 1. The number of para-hydroxylation sites is 1. The second-order valence-electron chi connectivity index (χ2n) is 7.28. The summed E-state index contributed by atoms with van der Waals surface area (Å²) in [5.74, 6) is -1.35. The van der Waals surface area contributed by atoms with Gasteiger partial charge < -0.3 is 19.8 Å². The first-order valence-corrected chi connectivity index (χ1v) is 10.2. The molecule has 1 heterocycles. The van der Waals surface area contributed by atoms with E-state index in [1.54, 1.807) is 20.8 Å². The van der Waals surface area contributed by atoms with Gasteiger partial charge in [-0.3, -0.25) is 4.79 Å². The predicted molar refractivity (Wildman–Crippen MR) is 115 cm³/mol. The summed E-state index contributed by atoms with van der Waals surface area (Å²) in [6, 6.07) is 7.58. The quantitative estimate of drug-likeness (QED) is 0.620. The summed E-state index contributed by atoms with van der Waals surface area (Å²) in [6.45, 7) is 10.9. The topological polar surface area (TPSA) is 97.5 Å². The van der Waals surface area contributed by atoms with Crippen LogP contribution in [0.4, 0.5) is 5.69 Å². The smallest absolute Gasteiger partial charge is 0.355 e. The lowest BCUT2D eigenvalue weighted by atomic mass is 9.97. The van der Waals surface area contributed by atoms with E-state index in [2.05, 4.69) is 24.1 Å². The maximum Gasteiger partial charge on any atom is 0.355 e. The van der Waals surface area contributed by atoms with Crippen LogP contribution in [0.25, 0.3) is 0 Å². The van der Waals surface area contributed by atoms with Gasteiger partial charge in [0.25, 0.3) is 5.91 Å². The number of amides is 1. The van der Waals surface area contributed by atoms with Crippen LogP contribution in [0.1, 0.15) is 77.7 Å². The molecule has 0 unspecified atom stereocenters. The number of benzene rings is 1. The van der Waals surface area contributed by atoms with Crippen molar-refractivity contribution in [2.45, 2.75) is 60.0 Å². The minimum atomic E-state index is -1.02. The maximum absolute atomic E-state index is 12.6. The van der Waals surface area contributed by atoms with Gasteiger partial charge in [-0.05, 0) is 57.2 Å². The van der Waals surface area contributed by atoms with Gasteiger partial charge in [0.2, 0.25) is 0 Å². The molecule has 0 saturated heterocycles. The van der Waals surface area contributed by atoms with Crippen LogP contribution in [-0.4, -0.2) is 35.5 Å². The van der Waals surface area contributed by atoms with Crippen LogP contribution in [0.2, 0.25) is 0 Å². The molecule has 7 heteroatoms. The third kappa shape index (κ3) is 5.09. The fourth-order valence-electron chi connectivity index (χ4n) is 3.23. The number of nitrogens with one attached hydrogen (secondary N) is 2. The number of hydrogen-bond donors (Lipinski definition) is 2. The molecule has 0 spiro atoms. The number of aromatic amines is 1. The molecule has 0 fully saturated rings. The number of anilines is 1. The molecule has 0 aliphatic carbocycles. The van der Waals surface area contributed by atoms with Crippen LogP contribution >= 0.6 is 0 Å². The SMILES string of the molecule is CCOC(=O)c1c(C)[nH]c(C(=O)O[C@@H](C)C(=O)Nc2ccccc2[C@@H](C)CC)c1C. The Morgan fingerprint density at radius 2 is 1.73 bits per heavy atom. The Hall–Kier alpha value is -3.09. The van der Waals surface area contributed by atoms with Crippen LogP contribution in [0.15, 0.2) is 24.3 Å². The molecule has 1 amide bonds. The number of hydrogen-bond acceptors (Lipinski definition) is 5. The van der Waals surface area contributed by atoms with Gasteiger partial charge in [0.05, 0.1) is 12.2 Å². The fraction of sp³-hybridized carbons (Fsp3) is 0.435. The number of rotatable bonds is 8. The van der Waals surface area contributed by atoms with Crippen molar-refractivity contribution in [3.05, 3.63) is 52.3 Å². The van der Waals surface area contributed by atoms with Crippen molar-refractivity contribution >= 4 is 23.5 Å². The molecule has 0 bridgehead atoms. The molecule has 1 aromatic heterocycles. The summed E-state index contributed by atoms with van der Waals surface area (Å²) in [5.41, 5.74) is 3.12. The number of esters is 2. The normalized spacial score (nSPS) is 12.7. The van der Waals surface area contributed by atoms with E-state index in [0.29, 0.717) is 22.5 Å². The lowest BCUT2D eigenvalue weighted by Gasteiger charge is -2.18. The zero-order valence-electron chi connectivity index (χ0n) is 18.4. The molecule has 2 aromatic rings. The van der Waals surface area contributed by atoms with Crippen molar-refractivity contribution in [3.8, 4) is 0 Å². The van der Waals surface area contributed by atoms with Crippen molar-refractivity contribution in [1.82, 2.24) is 4.98 Å². The van der Waals surface area contributed by atoms with Gasteiger partial charge in [0.15, 0.2) is 6.10 Å². The molecule has 2 rings (SSSR count). The highest BCUT2D eigenvalue weighted by Crippen LogP contribution is 2.27. The summed E-state index contributed by atoms with van der Waals surface area (Å²) in [4.78, 5) is 40.2. The molecule has 162 valence electrons. The van der Waals surface area contributed by atoms with Crippen molar-refractivity contribution in [2.75, 3.05) is 11.9 Å². The lowest BCUT2D eigenvalue weighted by Crippen LogP contribution is -2.30. The minimum absolute atomic E-state index is 0.134. The molecule has 7 nitrogen and oxygen atoms in total. The average molecular weight is 415 g/mol. The number of ether oxygens (including phenoxy) is 2. The predicted octanol–water partition coefficient (Wildman–Crippen LogP) is 4.51. The lowest BCUT2D eigenvalue weighted by molar-refractivity contribution is -0.123. The fourth-order valence-corrected chi connectivity index (χ4v) is 3.23. The Labute approximate surface area is 177 Å². The number of aromatic nitrogens is 1. The number of carbonyl (C=O) groups is 3. The van der Waals surface area contributed by atoms with Crippen LogP contribution < -0.4 is 5.32 Å². The van der Waals surface area contributed by atoms with Crippen LogP contribution in [0, 0.1) is 13.8 Å². The highest BCUT2D eigenvalue weighted by Gasteiger charge is 2.26. The largest absolute Gasteiger partial charge is 0.462 e. The summed E-state index contributed by atoms with van der Waals surface area (Å²) in [6.07, 6.45) is -0.0809. The van der Waals surface area contributed by atoms with Crippen LogP contribution in [0.3, 0.4) is 0 Å². The Morgan fingerprint density at radius 3 is 2.37 bits per heavy atom. The maximum atomic E-state index is 12.6. The second-order valence-corrected chi connectivity index (χ2v) is 7.28. The number of aryl methyl sites for hydroxylation is 1. The highest BCUT2D eigenvalue weighted by molar-refractivity contribution is 6.00. The van der Waals surface area contributed by atoms with Crippen molar-refractivity contribution in [3.63, 3.8) is 0 Å². The first-order chi connectivity index (χ1) is 14.2. The second kappa shape index (κ2) is 10.1. The van der Waals surface area contributed by atoms with E-state index in [1.807, 2.05) is 24.3 Å². The molecule has 0 saturated carbocycles. The van der Waals surface area contributed by atoms with Gasteiger partial charge in [-0.1, -0.05) is 32.0 Å². The summed E-state index contributed by atoms with van der Waals surface area (Å²) >= 11 is 0. The molecule has 0 aliphatic rings. The van der Waals surface area contributed by atoms with E-state index in [1.165, 1.54) is 6.92 Å². The zero-order valence-corrected chi connectivity index (χ0v) is 18.4. The third-order valence-electron chi connectivity index (χ3n) is 5.14. The van der Waals surface area contributed by atoms with E-state index in [9.17, 15) is 14.4 Å². The zero-order chi connectivity index (χ0) is 22.4. The Kier molecular flexibility index (Phi) is 7.80. The Balaban J connectivity index is 2.13. The van der Waals surface area contributed by atoms with Crippen molar-refractivity contribution in [1.29, 1.82) is 0 Å². The van der Waals surface area contributed by atoms with Gasteiger partial charge in [-0.2, -0.15) is 0 Å². The summed E-state index contributed by atoms with van der Waals surface area (Å²) in [5, 5.41) is 2.85. The van der Waals surface area contributed by atoms with E-state index < -0.39 is 23.9 Å². The van der Waals surface area contributed by atoms with Crippen LogP contribution in [0.5, 0.6) is 0 Å². The van der Waals surface area contributed by atoms with E-state index >= 15 is 0 Å². The number of carbonyl (C=O) groups excluding carboxylic acids is 3. The molecule has 1 aromatic carbocycles. The first-order valence-electron chi connectivity index (χ1n) is 10.2. The molecule has 30 heavy (non-hydrogen) atoms. The van der Waals surface area contributed by atoms with Crippen LogP contribution in [-0.2, 0) is 14.3 Å². The molecular formula is C23H30N2O5. The van der Waals surface area contributed by atoms with Gasteiger partial charge in [0, 0.05) is 11.4 Å². The van der Waals surface area contributed by atoms with Crippen molar-refractivity contribution < 1.29 is 23.9 Å². The minimum Gasteiger partial charge on any atom is -0.462 e.